The summed E-state index contributed by atoms with van der Waals surface area (Å²) >= 11 is 0. The molecule has 0 saturated heterocycles. The Balaban J connectivity index is 3.21. The maximum absolute atomic E-state index is 9.93. The lowest BCUT2D eigenvalue weighted by Gasteiger charge is -2.07. The van der Waals surface area contributed by atoms with Crippen LogP contribution in [0.5, 0.6) is 0 Å². The summed E-state index contributed by atoms with van der Waals surface area (Å²) in [4.78, 5) is 9.93. The first kappa shape index (κ1) is 9.23. The molecule has 0 spiro atoms. The molecule has 0 saturated carbocycles. The number of aliphatic hydroxyl groups is 1. The molecule has 0 radical (unpaired) electrons. The Morgan fingerprint density at radius 2 is 2.30 bits per heavy atom. The van der Waals surface area contributed by atoms with Crippen molar-refractivity contribution >= 4 is 6.09 Å². The quantitative estimate of drug-likeness (QED) is 0.534. The highest BCUT2D eigenvalue weighted by atomic mass is 16.4. The molecule has 4 heteroatoms. The van der Waals surface area contributed by atoms with Gasteiger partial charge in [-0.1, -0.05) is 6.92 Å². The Kier molecular flexibility index (Phi) is 4.66. The van der Waals surface area contributed by atoms with Crippen LogP contribution in [0.3, 0.4) is 0 Å². The lowest BCUT2D eigenvalue weighted by atomic mass is 10.1. The maximum Gasteiger partial charge on any atom is 0.404 e. The van der Waals surface area contributed by atoms with E-state index in [0.29, 0.717) is 13.0 Å². The molecule has 0 unspecified atom stereocenters. The van der Waals surface area contributed by atoms with E-state index in [-0.39, 0.29) is 12.5 Å². The summed E-state index contributed by atoms with van der Waals surface area (Å²) in [5, 5.41) is 18.8. The number of hydrogen-bond acceptors (Lipinski definition) is 2. The molecule has 0 bridgehead atoms. The van der Waals surface area contributed by atoms with Crippen LogP contribution in [0.25, 0.3) is 0 Å². The van der Waals surface area contributed by atoms with Crippen molar-refractivity contribution in [3.8, 4) is 0 Å². The van der Waals surface area contributed by atoms with Crippen LogP contribution in [-0.4, -0.2) is 29.5 Å². The number of nitrogens with one attached hydrogen (secondary N) is 1. The zero-order chi connectivity index (χ0) is 7.98. The second-order valence-electron chi connectivity index (χ2n) is 2.30. The third kappa shape index (κ3) is 5.37. The molecule has 1 atom stereocenters. The Morgan fingerprint density at radius 3 is 2.70 bits per heavy atom. The number of hydrogen-bond donors (Lipinski definition) is 3. The van der Waals surface area contributed by atoms with E-state index >= 15 is 0 Å². The highest BCUT2D eigenvalue weighted by molar-refractivity contribution is 5.64. The van der Waals surface area contributed by atoms with Gasteiger partial charge in [0.25, 0.3) is 0 Å². The molecule has 4 nitrogen and oxygen atoms in total. The minimum absolute atomic E-state index is 0.114. The molecule has 3 N–H and O–H groups in total. The van der Waals surface area contributed by atoms with Gasteiger partial charge in [-0.2, -0.15) is 0 Å². The van der Waals surface area contributed by atoms with E-state index in [1.807, 2.05) is 6.92 Å². The summed E-state index contributed by atoms with van der Waals surface area (Å²) in [7, 11) is 0. The maximum atomic E-state index is 9.93. The first-order valence-electron chi connectivity index (χ1n) is 3.24. The van der Waals surface area contributed by atoms with Crippen molar-refractivity contribution in [3.63, 3.8) is 0 Å². The van der Waals surface area contributed by atoms with Crippen molar-refractivity contribution in [2.45, 2.75) is 13.3 Å². The molecule has 0 aromatic rings. The van der Waals surface area contributed by atoms with Crippen molar-refractivity contribution in [1.82, 2.24) is 5.32 Å². The van der Waals surface area contributed by atoms with Gasteiger partial charge in [-0.3, -0.25) is 0 Å². The van der Waals surface area contributed by atoms with Crippen LogP contribution < -0.4 is 5.32 Å². The molecule has 10 heavy (non-hydrogen) atoms. The SMILES string of the molecule is C[C@H](CCO)CNC(=O)O. The number of rotatable bonds is 4. The van der Waals surface area contributed by atoms with Gasteiger partial charge in [0.1, 0.15) is 0 Å². The van der Waals surface area contributed by atoms with Gasteiger partial charge < -0.3 is 15.5 Å². The van der Waals surface area contributed by atoms with Gasteiger partial charge in [-0.15, -0.1) is 0 Å². The number of aliphatic hydroxyl groups excluding tert-OH is 1. The van der Waals surface area contributed by atoms with Gasteiger partial charge in [0.05, 0.1) is 0 Å². The van der Waals surface area contributed by atoms with Crippen molar-refractivity contribution in [3.05, 3.63) is 0 Å². The van der Waals surface area contributed by atoms with Gasteiger partial charge in [-0.25, -0.2) is 4.79 Å². The van der Waals surface area contributed by atoms with Crippen molar-refractivity contribution < 1.29 is 15.0 Å². The summed E-state index contributed by atoms with van der Waals surface area (Å²) in [6, 6.07) is 0. The highest BCUT2D eigenvalue weighted by Gasteiger charge is 2.01. The Hall–Kier alpha value is -0.770. The Morgan fingerprint density at radius 1 is 1.70 bits per heavy atom. The molecule has 0 aliphatic carbocycles. The molecule has 1 amide bonds. The lowest BCUT2D eigenvalue weighted by Crippen LogP contribution is -2.26. The van der Waals surface area contributed by atoms with E-state index in [9.17, 15) is 4.79 Å². The minimum atomic E-state index is -1.01. The fourth-order valence-corrected chi connectivity index (χ4v) is 0.584. The molecule has 60 valence electrons. The van der Waals surface area contributed by atoms with Crippen molar-refractivity contribution in [2.75, 3.05) is 13.2 Å². The summed E-state index contributed by atoms with van der Waals surface area (Å²) < 4.78 is 0. The van der Waals surface area contributed by atoms with E-state index in [0.717, 1.165) is 0 Å². The van der Waals surface area contributed by atoms with Gasteiger partial charge in [-0.05, 0) is 12.3 Å². The Labute approximate surface area is 59.9 Å². The summed E-state index contributed by atoms with van der Waals surface area (Å²) in [5.74, 6) is 0.209. The monoisotopic (exact) mass is 147 g/mol. The van der Waals surface area contributed by atoms with Gasteiger partial charge >= 0.3 is 6.09 Å². The van der Waals surface area contributed by atoms with E-state index in [1.165, 1.54) is 0 Å². The second kappa shape index (κ2) is 5.05. The van der Waals surface area contributed by atoms with Crippen LogP contribution in [0.1, 0.15) is 13.3 Å². The third-order valence-corrected chi connectivity index (χ3v) is 1.22. The molecule has 0 fully saturated rings. The van der Waals surface area contributed by atoms with Crippen LogP contribution in [0.2, 0.25) is 0 Å². The Bertz CT molecular complexity index is 105. The average molecular weight is 147 g/mol. The summed E-state index contributed by atoms with van der Waals surface area (Å²) in [6.45, 7) is 2.41. The molecule has 0 aromatic carbocycles. The van der Waals surface area contributed by atoms with Gasteiger partial charge in [0.2, 0.25) is 0 Å². The van der Waals surface area contributed by atoms with Crippen LogP contribution in [0.4, 0.5) is 4.79 Å². The zero-order valence-corrected chi connectivity index (χ0v) is 6.00. The molecule has 0 rings (SSSR count). The van der Waals surface area contributed by atoms with Gasteiger partial charge in [0.15, 0.2) is 0 Å². The van der Waals surface area contributed by atoms with Crippen LogP contribution >= 0.6 is 0 Å². The minimum Gasteiger partial charge on any atom is -0.465 e. The smallest absolute Gasteiger partial charge is 0.404 e. The number of carboxylic acid groups (broad SMARTS) is 1. The van der Waals surface area contributed by atoms with E-state index in [4.69, 9.17) is 10.2 Å². The molecular formula is C6H13NO3. The van der Waals surface area contributed by atoms with Crippen LogP contribution in [0, 0.1) is 5.92 Å². The molecule has 0 aromatic heterocycles. The largest absolute Gasteiger partial charge is 0.465 e. The fraction of sp³-hybridized carbons (Fsp3) is 0.833. The second-order valence-corrected chi connectivity index (χ2v) is 2.30. The fourth-order valence-electron chi connectivity index (χ4n) is 0.584. The van der Waals surface area contributed by atoms with Crippen LogP contribution in [0.15, 0.2) is 0 Å². The standard InChI is InChI=1S/C6H13NO3/c1-5(2-3-8)4-7-6(9)10/h5,7-8H,2-4H2,1H3,(H,9,10)/t5-/m1/s1. The van der Waals surface area contributed by atoms with Crippen molar-refractivity contribution in [1.29, 1.82) is 0 Å². The molecule has 0 aliphatic rings. The zero-order valence-electron chi connectivity index (χ0n) is 6.00. The predicted octanol–water partition coefficient (Wildman–Crippen LogP) is 0.273. The first-order valence-corrected chi connectivity index (χ1v) is 3.24. The van der Waals surface area contributed by atoms with Crippen molar-refractivity contribution in [2.24, 2.45) is 5.92 Å². The summed E-state index contributed by atoms with van der Waals surface area (Å²) in [6.07, 6.45) is -0.370. The number of carbonyl (C=O) groups is 1. The molecular weight excluding hydrogens is 134 g/mol. The van der Waals surface area contributed by atoms with E-state index in [2.05, 4.69) is 5.32 Å². The summed E-state index contributed by atoms with van der Waals surface area (Å²) in [5.41, 5.74) is 0. The van der Waals surface area contributed by atoms with E-state index in [1.54, 1.807) is 0 Å². The topological polar surface area (TPSA) is 69.6 Å². The highest BCUT2D eigenvalue weighted by Crippen LogP contribution is 1.97. The van der Waals surface area contributed by atoms with Gasteiger partial charge in [0, 0.05) is 13.2 Å². The molecule has 0 aliphatic heterocycles. The van der Waals surface area contributed by atoms with E-state index < -0.39 is 6.09 Å². The predicted molar refractivity (Wildman–Crippen MR) is 36.9 cm³/mol. The third-order valence-electron chi connectivity index (χ3n) is 1.22. The van der Waals surface area contributed by atoms with Crippen LogP contribution in [-0.2, 0) is 0 Å². The average Bonchev–Trinajstić information content (AvgIpc) is 1.85. The molecule has 0 heterocycles. The first-order chi connectivity index (χ1) is 4.66. The number of amides is 1. The lowest BCUT2D eigenvalue weighted by molar-refractivity contribution is 0.190. The normalized spacial score (nSPS) is 12.6.